The van der Waals surface area contributed by atoms with E-state index in [2.05, 4.69) is 20.1 Å². The third-order valence-electron chi connectivity index (χ3n) is 2.94. The first-order valence-electron chi connectivity index (χ1n) is 6.71. The number of hydrogen-bond donors (Lipinski definition) is 1. The highest BCUT2D eigenvalue weighted by Crippen LogP contribution is 2.17. The van der Waals surface area contributed by atoms with Crippen molar-refractivity contribution >= 4 is 5.91 Å². The van der Waals surface area contributed by atoms with Gasteiger partial charge in [0.1, 0.15) is 0 Å². The van der Waals surface area contributed by atoms with Crippen LogP contribution in [0.1, 0.15) is 11.3 Å². The molecule has 1 N–H and O–H groups in total. The molecule has 0 unspecified atom stereocenters. The number of halogens is 3. The topological polar surface area (TPSA) is 69.0 Å². The minimum atomic E-state index is -4.42. The van der Waals surface area contributed by atoms with Crippen molar-refractivity contribution in [2.45, 2.75) is 19.1 Å². The molecule has 0 aromatic carbocycles. The zero-order valence-electron chi connectivity index (χ0n) is 12.3. The Bertz CT molecular complexity index is 670. The Morgan fingerprint density at radius 1 is 1.35 bits per heavy atom. The van der Waals surface area contributed by atoms with Crippen LogP contribution < -0.4 is 10.1 Å². The molecule has 0 aliphatic heterocycles. The van der Waals surface area contributed by atoms with Gasteiger partial charge in [-0.15, -0.1) is 0 Å². The summed E-state index contributed by atoms with van der Waals surface area (Å²) in [7, 11) is 1.73. The fraction of sp³-hybridized carbons (Fsp3) is 0.357. The molecule has 0 saturated carbocycles. The van der Waals surface area contributed by atoms with Gasteiger partial charge >= 0.3 is 6.18 Å². The molecule has 0 saturated heterocycles. The Morgan fingerprint density at radius 2 is 2.13 bits per heavy atom. The van der Waals surface area contributed by atoms with E-state index >= 15 is 0 Å². The van der Waals surface area contributed by atoms with E-state index in [1.165, 1.54) is 12.3 Å². The first-order chi connectivity index (χ1) is 10.8. The number of nitrogens with zero attached hydrogens (tertiary/aromatic N) is 3. The van der Waals surface area contributed by atoms with Gasteiger partial charge in [0.2, 0.25) is 11.8 Å². The summed E-state index contributed by atoms with van der Waals surface area (Å²) in [5.41, 5.74) is 1.35. The molecule has 23 heavy (non-hydrogen) atoms. The van der Waals surface area contributed by atoms with Gasteiger partial charge in [0.25, 0.3) is 0 Å². The third-order valence-corrected chi connectivity index (χ3v) is 2.94. The number of aryl methyl sites for hydroxylation is 1. The van der Waals surface area contributed by atoms with E-state index < -0.39 is 12.8 Å². The van der Waals surface area contributed by atoms with Crippen LogP contribution in [0.15, 0.2) is 30.6 Å². The molecule has 9 heteroatoms. The van der Waals surface area contributed by atoms with E-state index in [0.717, 1.165) is 5.69 Å². The van der Waals surface area contributed by atoms with Crippen molar-refractivity contribution in [2.75, 3.05) is 6.61 Å². The number of alkyl halides is 3. The number of nitrogens with one attached hydrogen (secondary N) is 1. The molecule has 0 atom stereocenters. The van der Waals surface area contributed by atoms with Crippen molar-refractivity contribution in [1.29, 1.82) is 0 Å². The van der Waals surface area contributed by atoms with E-state index in [9.17, 15) is 18.0 Å². The highest BCUT2D eigenvalue weighted by atomic mass is 19.4. The molecule has 0 bridgehead atoms. The fourth-order valence-electron chi connectivity index (χ4n) is 1.80. The maximum Gasteiger partial charge on any atom is 0.422 e. The quantitative estimate of drug-likeness (QED) is 0.875. The number of aromatic nitrogens is 3. The first-order valence-corrected chi connectivity index (χ1v) is 6.71. The zero-order valence-corrected chi connectivity index (χ0v) is 12.3. The normalized spacial score (nSPS) is 11.3. The van der Waals surface area contributed by atoms with Crippen LogP contribution in [0.2, 0.25) is 0 Å². The highest BCUT2D eigenvalue weighted by Gasteiger charge is 2.28. The van der Waals surface area contributed by atoms with Gasteiger partial charge in [-0.25, -0.2) is 4.98 Å². The van der Waals surface area contributed by atoms with Crippen molar-refractivity contribution in [2.24, 2.45) is 7.05 Å². The second-order valence-corrected chi connectivity index (χ2v) is 4.81. The van der Waals surface area contributed by atoms with Gasteiger partial charge in [-0.1, -0.05) is 0 Å². The van der Waals surface area contributed by atoms with Crippen LogP contribution in [0.25, 0.3) is 0 Å². The van der Waals surface area contributed by atoms with Crippen LogP contribution >= 0.6 is 0 Å². The fourth-order valence-corrected chi connectivity index (χ4v) is 1.80. The second kappa shape index (κ2) is 7.12. The SMILES string of the molecule is Cn1nccc1CC(=O)NCc1ccnc(OCC(F)(F)F)c1. The van der Waals surface area contributed by atoms with Gasteiger partial charge in [0, 0.05) is 37.7 Å². The number of hydrogen-bond acceptors (Lipinski definition) is 4. The standard InChI is InChI=1S/C14H15F3N4O2/c1-21-11(3-5-20-21)7-12(22)19-8-10-2-4-18-13(6-10)23-9-14(15,16)17/h2-6H,7-9H2,1H3,(H,19,22). The molecule has 2 heterocycles. The molecule has 0 fully saturated rings. The van der Waals surface area contributed by atoms with Gasteiger partial charge in [-0.05, 0) is 17.7 Å². The molecule has 2 rings (SSSR count). The van der Waals surface area contributed by atoms with Crippen LogP contribution in [0, 0.1) is 0 Å². The number of carbonyl (C=O) groups excluding carboxylic acids is 1. The zero-order chi connectivity index (χ0) is 16.9. The number of rotatable bonds is 6. The lowest BCUT2D eigenvalue weighted by Crippen LogP contribution is -2.25. The van der Waals surface area contributed by atoms with E-state index in [4.69, 9.17) is 0 Å². The van der Waals surface area contributed by atoms with E-state index in [1.807, 2.05) is 0 Å². The molecule has 1 amide bonds. The molecular formula is C14H15F3N4O2. The maximum absolute atomic E-state index is 12.1. The van der Waals surface area contributed by atoms with Crippen molar-refractivity contribution < 1.29 is 22.7 Å². The van der Waals surface area contributed by atoms with E-state index in [1.54, 1.807) is 30.1 Å². The molecule has 0 radical (unpaired) electrons. The lowest BCUT2D eigenvalue weighted by molar-refractivity contribution is -0.154. The lowest BCUT2D eigenvalue weighted by atomic mass is 10.2. The third kappa shape index (κ3) is 5.61. The summed E-state index contributed by atoms with van der Waals surface area (Å²) in [6.45, 7) is -1.24. The highest BCUT2D eigenvalue weighted by molar-refractivity contribution is 5.78. The van der Waals surface area contributed by atoms with Crippen LogP contribution in [0.5, 0.6) is 5.88 Å². The van der Waals surface area contributed by atoms with Crippen LogP contribution in [-0.4, -0.2) is 33.5 Å². The Morgan fingerprint density at radius 3 is 2.78 bits per heavy atom. The molecule has 6 nitrogen and oxygen atoms in total. The van der Waals surface area contributed by atoms with Gasteiger partial charge < -0.3 is 10.1 Å². The second-order valence-electron chi connectivity index (χ2n) is 4.81. The predicted molar refractivity (Wildman–Crippen MR) is 74.5 cm³/mol. The summed E-state index contributed by atoms with van der Waals surface area (Å²) >= 11 is 0. The van der Waals surface area contributed by atoms with Gasteiger partial charge in [0.05, 0.1) is 6.42 Å². The smallest absolute Gasteiger partial charge is 0.422 e. The Balaban J connectivity index is 1.85. The molecule has 124 valence electrons. The van der Waals surface area contributed by atoms with Crippen molar-refractivity contribution in [3.8, 4) is 5.88 Å². The average molecular weight is 328 g/mol. The van der Waals surface area contributed by atoms with Crippen molar-refractivity contribution in [3.63, 3.8) is 0 Å². The average Bonchev–Trinajstić information content (AvgIpc) is 2.88. The Labute approximate surface area is 130 Å². The number of amides is 1. The monoisotopic (exact) mass is 328 g/mol. The van der Waals surface area contributed by atoms with Crippen molar-refractivity contribution in [1.82, 2.24) is 20.1 Å². The first kappa shape index (κ1) is 16.8. The number of carbonyl (C=O) groups is 1. The van der Waals surface area contributed by atoms with Crippen LogP contribution in [0.3, 0.4) is 0 Å². The molecule has 2 aromatic heterocycles. The van der Waals surface area contributed by atoms with Crippen LogP contribution in [-0.2, 0) is 24.8 Å². The lowest BCUT2D eigenvalue weighted by Gasteiger charge is -2.10. The van der Waals surface area contributed by atoms with E-state index in [-0.39, 0.29) is 24.8 Å². The molecule has 0 aliphatic rings. The molecule has 0 spiro atoms. The molecular weight excluding hydrogens is 313 g/mol. The largest absolute Gasteiger partial charge is 0.468 e. The summed E-state index contributed by atoms with van der Waals surface area (Å²) in [6, 6.07) is 4.68. The van der Waals surface area contributed by atoms with Crippen LogP contribution in [0.4, 0.5) is 13.2 Å². The Hall–Kier alpha value is -2.58. The predicted octanol–water partition coefficient (Wildman–Crippen LogP) is 1.62. The minimum absolute atomic E-state index is 0.138. The summed E-state index contributed by atoms with van der Waals surface area (Å²) in [4.78, 5) is 15.5. The summed E-state index contributed by atoms with van der Waals surface area (Å²) in [5.74, 6) is -0.358. The Kier molecular flexibility index (Phi) is 5.20. The number of ether oxygens (including phenoxy) is 1. The summed E-state index contributed by atoms with van der Waals surface area (Å²) < 4.78 is 42.4. The van der Waals surface area contributed by atoms with Gasteiger partial charge in [-0.3, -0.25) is 9.48 Å². The van der Waals surface area contributed by atoms with Gasteiger partial charge in [-0.2, -0.15) is 18.3 Å². The molecule has 0 aliphatic carbocycles. The summed E-state index contributed by atoms with van der Waals surface area (Å²) in [6.07, 6.45) is -1.34. The molecule has 2 aromatic rings. The van der Waals surface area contributed by atoms with Crippen molar-refractivity contribution in [3.05, 3.63) is 41.9 Å². The number of pyridine rings is 1. The minimum Gasteiger partial charge on any atom is -0.468 e. The maximum atomic E-state index is 12.1. The van der Waals surface area contributed by atoms with E-state index in [0.29, 0.717) is 5.56 Å². The van der Waals surface area contributed by atoms with Gasteiger partial charge in [0.15, 0.2) is 6.61 Å². The summed E-state index contributed by atoms with van der Waals surface area (Å²) in [5, 5.41) is 6.64.